The number of aryl methyl sites for hydroxylation is 2. The van der Waals surface area contributed by atoms with Gasteiger partial charge in [0.15, 0.2) is 5.76 Å². The molecule has 4 aromatic rings. The molecule has 0 fully saturated rings. The fraction of sp³-hybridized carbons (Fsp3) is 0.241. The van der Waals surface area contributed by atoms with Gasteiger partial charge < -0.3 is 14.0 Å². The summed E-state index contributed by atoms with van der Waals surface area (Å²) in [5.41, 5.74) is 3.23. The van der Waals surface area contributed by atoms with Gasteiger partial charge in [0.05, 0.1) is 40.3 Å². The van der Waals surface area contributed by atoms with Crippen molar-refractivity contribution in [2.75, 3.05) is 6.61 Å². The molecule has 1 unspecified atom stereocenters. The van der Waals surface area contributed by atoms with Crippen LogP contribution < -0.4 is 10.3 Å². The zero-order valence-electron chi connectivity index (χ0n) is 21.7. The van der Waals surface area contributed by atoms with E-state index in [1.165, 1.54) is 4.57 Å². The number of carbonyl (C=O) groups is 1. The Morgan fingerprint density at radius 1 is 1.05 bits per heavy atom. The SMILES string of the molecule is CCOC(=O)C1=C(C)Oc2nc(C)n(Cc3cc(-c4ccc(Cl)c(Cl)c4)no3)c(=O)c2C1c1ccc(C)cc1. The number of halogens is 2. The number of rotatable bonds is 6. The van der Waals surface area contributed by atoms with Crippen LogP contribution in [-0.4, -0.2) is 27.3 Å². The van der Waals surface area contributed by atoms with E-state index in [0.717, 1.165) is 16.7 Å². The number of esters is 1. The van der Waals surface area contributed by atoms with Crippen molar-refractivity contribution in [2.24, 2.45) is 0 Å². The van der Waals surface area contributed by atoms with Crippen LogP contribution in [0, 0.1) is 13.8 Å². The molecule has 200 valence electrons. The van der Waals surface area contributed by atoms with E-state index in [-0.39, 0.29) is 35.7 Å². The molecule has 3 heterocycles. The summed E-state index contributed by atoms with van der Waals surface area (Å²) in [4.78, 5) is 31.7. The lowest BCUT2D eigenvalue weighted by atomic mass is 9.83. The van der Waals surface area contributed by atoms with E-state index in [9.17, 15) is 9.59 Å². The maximum Gasteiger partial charge on any atom is 0.338 e. The van der Waals surface area contributed by atoms with E-state index < -0.39 is 11.9 Å². The molecule has 0 aliphatic carbocycles. The van der Waals surface area contributed by atoms with E-state index in [1.807, 2.05) is 31.2 Å². The smallest absolute Gasteiger partial charge is 0.338 e. The van der Waals surface area contributed by atoms with E-state index in [0.29, 0.717) is 33.1 Å². The molecular formula is C29H25Cl2N3O5. The van der Waals surface area contributed by atoms with Crippen LogP contribution in [0.4, 0.5) is 0 Å². The van der Waals surface area contributed by atoms with Crippen LogP contribution in [0.25, 0.3) is 11.3 Å². The zero-order chi connectivity index (χ0) is 27.8. The predicted molar refractivity (Wildman–Crippen MR) is 147 cm³/mol. The summed E-state index contributed by atoms with van der Waals surface area (Å²) in [6.45, 7) is 7.34. The fourth-order valence-corrected chi connectivity index (χ4v) is 4.91. The van der Waals surface area contributed by atoms with Gasteiger partial charge in [-0.3, -0.25) is 9.36 Å². The molecule has 2 aromatic carbocycles. The molecule has 0 N–H and O–H groups in total. The maximum atomic E-state index is 14.1. The summed E-state index contributed by atoms with van der Waals surface area (Å²) in [7, 11) is 0. The Morgan fingerprint density at radius 2 is 1.79 bits per heavy atom. The van der Waals surface area contributed by atoms with Crippen LogP contribution in [0.1, 0.15) is 48.0 Å². The van der Waals surface area contributed by atoms with Gasteiger partial charge in [0.1, 0.15) is 17.3 Å². The van der Waals surface area contributed by atoms with Crippen molar-refractivity contribution in [1.82, 2.24) is 14.7 Å². The van der Waals surface area contributed by atoms with Crippen LogP contribution in [0.5, 0.6) is 5.88 Å². The first kappa shape index (κ1) is 26.7. The third-order valence-corrected chi connectivity index (χ3v) is 7.30. The molecule has 5 rings (SSSR count). The van der Waals surface area contributed by atoms with Gasteiger partial charge in [-0.25, -0.2) is 4.79 Å². The number of hydrogen-bond acceptors (Lipinski definition) is 7. The summed E-state index contributed by atoms with van der Waals surface area (Å²) in [5, 5.41) is 4.96. The van der Waals surface area contributed by atoms with Crippen molar-refractivity contribution in [1.29, 1.82) is 0 Å². The number of benzene rings is 2. The molecule has 0 saturated carbocycles. The zero-order valence-corrected chi connectivity index (χ0v) is 23.3. The first-order valence-electron chi connectivity index (χ1n) is 12.3. The van der Waals surface area contributed by atoms with Crippen molar-refractivity contribution >= 4 is 29.2 Å². The molecule has 8 nitrogen and oxygen atoms in total. The minimum absolute atomic E-state index is 0.0668. The average Bonchev–Trinajstić information content (AvgIpc) is 3.37. The second-order valence-electron chi connectivity index (χ2n) is 9.21. The molecule has 39 heavy (non-hydrogen) atoms. The molecule has 0 radical (unpaired) electrons. The van der Waals surface area contributed by atoms with Crippen LogP contribution in [-0.2, 0) is 16.1 Å². The third kappa shape index (κ3) is 5.10. The fourth-order valence-electron chi connectivity index (χ4n) is 4.61. The van der Waals surface area contributed by atoms with Crippen molar-refractivity contribution in [3.8, 4) is 17.1 Å². The number of ether oxygens (including phenoxy) is 2. The van der Waals surface area contributed by atoms with Crippen molar-refractivity contribution in [3.05, 3.63) is 109 Å². The minimum Gasteiger partial charge on any atom is -0.463 e. The Balaban J connectivity index is 1.59. The second-order valence-corrected chi connectivity index (χ2v) is 10.0. The highest BCUT2D eigenvalue weighted by atomic mass is 35.5. The Labute approximate surface area is 234 Å². The second kappa shape index (κ2) is 10.7. The molecule has 1 aliphatic rings. The van der Waals surface area contributed by atoms with E-state index in [4.69, 9.17) is 37.2 Å². The van der Waals surface area contributed by atoms with Crippen LogP contribution in [0.2, 0.25) is 10.0 Å². The van der Waals surface area contributed by atoms with Crippen molar-refractivity contribution < 1.29 is 18.8 Å². The van der Waals surface area contributed by atoms with Gasteiger partial charge in [0.25, 0.3) is 5.56 Å². The first-order valence-corrected chi connectivity index (χ1v) is 13.1. The summed E-state index contributed by atoms with van der Waals surface area (Å²) in [5.74, 6) is 0.0993. The van der Waals surface area contributed by atoms with E-state index in [2.05, 4.69) is 10.1 Å². The number of fused-ring (bicyclic) bond motifs is 1. The monoisotopic (exact) mass is 565 g/mol. The first-order chi connectivity index (χ1) is 18.7. The summed E-state index contributed by atoms with van der Waals surface area (Å²) in [6, 6.07) is 14.5. The molecule has 1 atom stereocenters. The molecule has 10 heteroatoms. The predicted octanol–water partition coefficient (Wildman–Crippen LogP) is 6.23. The van der Waals surface area contributed by atoms with Crippen LogP contribution in [0.3, 0.4) is 0 Å². The maximum absolute atomic E-state index is 14.1. The number of hydrogen-bond donors (Lipinski definition) is 0. The van der Waals surface area contributed by atoms with Gasteiger partial charge in [-0.05, 0) is 45.4 Å². The van der Waals surface area contributed by atoms with Gasteiger partial charge >= 0.3 is 5.97 Å². The highest BCUT2D eigenvalue weighted by Crippen LogP contribution is 2.41. The van der Waals surface area contributed by atoms with Gasteiger partial charge in [-0.15, -0.1) is 0 Å². The highest BCUT2D eigenvalue weighted by Gasteiger charge is 2.38. The molecule has 0 bridgehead atoms. The standard InChI is InChI=1S/C29H25Cl2N3O5/c1-5-37-29(36)24-16(3)38-27-26(25(24)18-8-6-15(2)7-9-18)28(35)34(17(4)32-27)14-20-13-23(33-39-20)19-10-11-21(30)22(31)12-19/h6-13,25H,5,14H2,1-4H3. The molecule has 0 spiro atoms. The average molecular weight is 566 g/mol. The normalized spacial score (nSPS) is 14.7. The minimum atomic E-state index is -0.721. The summed E-state index contributed by atoms with van der Waals surface area (Å²) < 4.78 is 18.3. The molecule has 0 saturated heterocycles. The van der Waals surface area contributed by atoms with Gasteiger partial charge in [0.2, 0.25) is 5.88 Å². The molecule has 1 aliphatic heterocycles. The van der Waals surface area contributed by atoms with Gasteiger partial charge in [0, 0.05) is 11.6 Å². The Hall–Kier alpha value is -3.88. The Kier molecular flexibility index (Phi) is 7.34. The molecule has 2 aromatic heterocycles. The quantitative estimate of drug-likeness (QED) is 0.255. The Morgan fingerprint density at radius 3 is 2.49 bits per heavy atom. The van der Waals surface area contributed by atoms with Crippen LogP contribution >= 0.6 is 23.2 Å². The van der Waals surface area contributed by atoms with Crippen molar-refractivity contribution in [3.63, 3.8) is 0 Å². The lowest BCUT2D eigenvalue weighted by molar-refractivity contribution is -0.139. The number of carbonyl (C=O) groups excluding carboxylic acids is 1. The summed E-state index contributed by atoms with van der Waals surface area (Å²) >= 11 is 12.2. The summed E-state index contributed by atoms with van der Waals surface area (Å²) in [6.07, 6.45) is 0. The van der Waals surface area contributed by atoms with E-state index in [1.54, 1.807) is 45.0 Å². The number of aromatic nitrogens is 3. The number of allylic oxidation sites excluding steroid dienone is 1. The number of nitrogens with zero attached hydrogens (tertiary/aromatic N) is 3. The lowest BCUT2D eigenvalue weighted by Crippen LogP contribution is -2.34. The molecule has 0 amide bonds. The molecular weight excluding hydrogens is 541 g/mol. The van der Waals surface area contributed by atoms with Crippen molar-refractivity contribution in [2.45, 2.75) is 40.2 Å². The van der Waals surface area contributed by atoms with Gasteiger partial charge in [-0.1, -0.05) is 64.3 Å². The Bertz CT molecular complexity index is 1670. The van der Waals surface area contributed by atoms with Gasteiger partial charge in [-0.2, -0.15) is 4.98 Å². The largest absolute Gasteiger partial charge is 0.463 e. The van der Waals surface area contributed by atoms with E-state index >= 15 is 0 Å². The topological polar surface area (TPSA) is 96.5 Å². The third-order valence-electron chi connectivity index (χ3n) is 6.56. The van der Waals surface area contributed by atoms with Crippen LogP contribution in [0.15, 0.2) is 69.2 Å². The highest BCUT2D eigenvalue weighted by molar-refractivity contribution is 6.42. The lowest BCUT2D eigenvalue weighted by Gasteiger charge is -2.28.